The number of anilines is 1. The number of rotatable bonds is 5. The van der Waals surface area contributed by atoms with Crippen molar-refractivity contribution in [2.45, 2.75) is 6.54 Å². The third-order valence-corrected chi connectivity index (χ3v) is 5.51. The molecule has 0 radical (unpaired) electrons. The highest BCUT2D eigenvalue weighted by molar-refractivity contribution is 6.30. The number of amides is 1. The topological polar surface area (TPSA) is 98.2 Å². The molecule has 0 aliphatic heterocycles. The van der Waals surface area contributed by atoms with Crippen LogP contribution in [0.5, 0.6) is 0 Å². The lowest BCUT2D eigenvalue weighted by Gasteiger charge is -2.06. The van der Waals surface area contributed by atoms with Gasteiger partial charge >= 0.3 is 0 Å². The number of nitrogens with one attached hydrogen (secondary N) is 1. The minimum absolute atomic E-state index is 0.104. The molecule has 0 spiro atoms. The van der Waals surface area contributed by atoms with Crippen molar-refractivity contribution in [3.63, 3.8) is 0 Å². The number of hydrogen-bond donors (Lipinski definition) is 2. The van der Waals surface area contributed by atoms with Crippen LogP contribution in [0.2, 0.25) is 5.02 Å². The minimum Gasteiger partial charge on any atom is -0.383 e. The van der Waals surface area contributed by atoms with E-state index in [9.17, 15) is 9.18 Å². The van der Waals surface area contributed by atoms with Crippen LogP contribution in [0, 0.1) is 5.82 Å². The van der Waals surface area contributed by atoms with Crippen molar-refractivity contribution in [1.82, 2.24) is 20.0 Å². The number of hydrogen-bond acceptors (Lipinski definition) is 5. The molecule has 2 heterocycles. The van der Waals surface area contributed by atoms with E-state index in [1.165, 1.54) is 16.8 Å². The summed E-state index contributed by atoms with van der Waals surface area (Å²) < 4.78 is 14.6. The monoisotopic (exact) mass is 472 g/mol. The summed E-state index contributed by atoms with van der Waals surface area (Å²) >= 11 is 5.96. The Balaban J connectivity index is 1.57. The van der Waals surface area contributed by atoms with E-state index in [1.807, 2.05) is 36.4 Å². The first-order valence-corrected chi connectivity index (χ1v) is 10.8. The molecule has 5 aromatic rings. The van der Waals surface area contributed by atoms with E-state index < -0.39 is 5.91 Å². The molecule has 0 unspecified atom stereocenters. The van der Waals surface area contributed by atoms with Crippen LogP contribution in [0.15, 0.2) is 77.9 Å². The van der Waals surface area contributed by atoms with E-state index in [4.69, 9.17) is 17.3 Å². The van der Waals surface area contributed by atoms with Gasteiger partial charge in [0.1, 0.15) is 22.7 Å². The normalized spacial score (nSPS) is 11.5. The van der Waals surface area contributed by atoms with E-state index in [2.05, 4.69) is 20.4 Å². The Kier molecular flexibility index (Phi) is 5.65. The molecule has 0 saturated carbocycles. The highest BCUT2D eigenvalue weighted by atomic mass is 35.5. The number of aromatic nitrogens is 3. The standard InChI is InChI=1S/C25H18ClFN6O/c26-17-9-5-16(6-10-17)14-30-33-23(28)21(25(34)29-13-15-7-11-18(27)12-8-15)22-24(33)32-20-4-2-1-3-19(20)31-22/h1-12,14H,13,28H2,(H,29,34)/b30-14-. The molecule has 1 amide bonds. The van der Waals surface area contributed by atoms with Crippen LogP contribution >= 0.6 is 11.6 Å². The van der Waals surface area contributed by atoms with E-state index >= 15 is 0 Å². The van der Waals surface area contributed by atoms with Gasteiger partial charge in [-0.15, -0.1) is 0 Å². The maximum atomic E-state index is 13.2. The van der Waals surface area contributed by atoms with E-state index in [0.717, 1.165) is 11.1 Å². The van der Waals surface area contributed by atoms with Gasteiger partial charge in [0.15, 0.2) is 5.65 Å². The highest BCUT2D eigenvalue weighted by Crippen LogP contribution is 2.28. The van der Waals surface area contributed by atoms with Gasteiger partial charge in [-0.2, -0.15) is 9.78 Å². The summed E-state index contributed by atoms with van der Waals surface area (Å²) in [5.41, 5.74) is 10.1. The minimum atomic E-state index is -0.433. The molecule has 0 fully saturated rings. The molecule has 0 saturated heterocycles. The lowest BCUT2D eigenvalue weighted by molar-refractivity contribution is 0.0953. The predicted octanol–water partition coefficient (Wildman–Crippen LogP) is 4.77. The summed E-state index contributed by atoms with van der Waals surface area (Å²) in [4.78, 5) is 22.5. The average Bonchev–Trinajstić information content (AvgIpc) is 3.11. The number of nitrogens with two attached hydrogens (primary N) is 1. The van der Waals surface area contributed by atoms with Crippen LogP contribution in [0.25, 0.3) is 22.2 Å². The number of benzene rings is 3. The molecule has 34 heavy (non-hydrogen) atoms. The molecule has 0 atom stereocenters. The SMILES string of the molecule is Nc1c(C(=O)NCc2ccc(F)cc2)c2nc3ccccc3nc2n1/N=C\c1ccc(Cl)cc1. The van der Waals surface area contributed by atoms with Gasteiger partial charge < -0.3 is 11.1 Å². The maximum absolute atomic E-state index is 13.2. The Hall–Kier alpha value is -4.30. The van der Waals surface area contributed by atoms with E-state index in [-0.39, 0.29) is 23.7 Å². The van der Waals surface area contributed by atoms with Gasteiger partial charge in [-0.3, -0.25) is 4.79 Å². The van der Waals surface area contributed by atoms with Crippen molar-refractivity contribution in [2.24, 2.45) is 5.10 Å². The Morgan fingerprint density at radius 3 is 2.41 bits per heavy atom. The molecule has 3 N–H and O–H groups in total. The third-order valence-electron chi connectivity index (χ3n) is 5.26. The summed E-state index contributed by atoms with van der Waals surface area (Å²) in [5.74, 6) is -0.674. The average molecular weight is 473 g/mol. The van der Waals surface area contributed by atoms with Crippen LogP contribution in [0.4, 0.5) is 10.2 Å². The lowest BCUT2D eigenvalue weighted by Crippen LogP contribution is -2.23. The van der Waals surface area contributed by atoms with Gasteiger partial charge in [0, 0.05) is 11.6 Å². The fourth-order valence-electron chi connectivity index (χ4n) is 3.53. The molecular formula is C25H18ClFN6O. The molecular weight excluding hydrogens is 455 g/mol. The molecule has 168 valence electrons. The highest BCUT2D eigenvalue weighted by Gasteiger charge is 2.24. The Labute approximate surface area is 198 Å². The number of halogens is 2. The smallest absolute Gasteiger partial charge is 0.257 e. The van der Waals surface area contributed by atoms with Crippen molar-refractivity contribution < 1.29 is 9.18 Å². The maximum Gasteiger partial charge on any atom is 0.257 e. The Morgan fingerprint density at radius 1 is 1.03 bits per heavy atom. The molecule has 0 aliphatic rings. The van der Waals surface area contributed by atoms with Crippen LogP contribution in [0.1, 0.15) is 21.5 Å². The third kappa shape index (κ3) is 4.18. The molecule has 9 heteroatoms. The van der Waals surface area contributed by atoms with Crippen LogP contribution in [-0.2, 0) is 6.54 Å². The molecule has 0 aliphatic carbocycles. The zero-order valence-corrected chi connectivity index (χ0v) is 18.5. The second-order valence-corrected chi connectivity index (χ2v) is 8.00. The first kappa shape index (κ1) is 21.5. The summed E-state index contributed by atoms with van der Waals surface area (Å²) in [7, 11) is 0. The number of carbonyl (C=O) groups is 1. The van der Waals surface area contributed by atoms with Crippen molar-refractivity contribution in [3.05, 3.63) is 100 Å². The van der Waals surface area contributed by atoms with Crippen LogP contribution in [0.3, 0.4) is 0 Å². The second-order valence-electron chi connectivity index (χ2n) is 7.56. The number of nitrogens with zero attached hydrogens (tertiary/aromatic N) is 4. The quantitative estimate of drug-likeness (QED) is 0.360. The van der Waals surface area contributed by atoms with Gasteiger partial charge in [-0.05, 0) is 47.5 Å². The summed E-state index contributed by atoms with van der Waals surface area (Å²) in [5, 5.41) is 7.90. The predicted molar refractivity (Wildman–Crippen MR) is 131 cm³/mol. The summed E-state index contributed by atoms with van der Waals surface area (Å²) in [6.07, 6.45) is 1.60. The van der Waals surface area contributed by atoms with Crippen molar-refractivity contribution in [1.29, 1.82) is 0 Å². The van der Waals surface area contributed by atoms with Gasteiger partial charge in [0.2, 0.25) is 0 Å². The number of fused-ring (bicyclic) bond motifs is 2. The molecule has 3 aromatic carbocycles. The summed E-state index contributed by atoms with van der Waals surface area (Å²) in [6, 6.07) is 20.3. The zero-order valence-electron chi connectivity index (χ0n) is 17.7. The number of nitrogen functional groups attached to an aromatic ring is 1. The zero-order chi connectivity index (χ0) is 23.7. The second kappa shape index (κ2) is 8.92. The largest absolute Gasteiger partial charge is 0.383 e. The lowest BCUT2D eigenvalue weighted by atomic mass is 10.2. The van der Waals surface area contributed by atoms with E-state index in [0.29, 0.717) is 27.2 Å². The summed E-state index contributed by atoms with van der Waals surface area (Å²) in [6.45, 7) is 0.195. The van der Waals surface area contributed by atoms with Gasteiger partial charge in [0.25, 0.3) is 5.91 Å². The molecule has 2 aromatic heterocycles. The van der Waals surface area contributed by atoms with Crippen LogP contribution < -0.4 is 11.1 Å². The van der Waals surface area contributed by atoms with Crippen molar-refractivity contribution in [3.8, 4) is 0 Å². The number of carbonyl (C=O) groups excluding carboxylic acids is 1. The Bertz CT molecular complexity index is 1540. The Morgan fingerprint density at radius 2 is 1.71 bits per heavy atom. The first-order chi connectivity index (χ1) is 16.5. The van der Waals surface area contributed by atoms with Gasteiger partial charge in [-0.25, -0.2) is 14.4 Å². The first-order valence-electron chi connectivity index (χ1n) is 10.4. The fraction of sp³-hybridized carbons (Fsp3) is 0.0400. The van der Waals surface area contributed by atoms with E-state index in [1.54, 1.807) is 30.5 Å². The fourth-order valence-corrected chi connectivity index (χ4v) is 3.66. The van der Waals surface area contributed by atoms with Crippen molar-refractivity contribution in [2.75, 3.05) is 5.73 Å². The molecule has 7 nitrogen and oxygen atoms in total. The number of para-hydroxylation sites is 2. The van der Waals surface area contributed by atoms with Gasteiger partial charge in [0.05, 0.1) is 17.2 Å². The molecule has 0 bridgehead atoms. The van der Waals surface area contributed by atoms with Gasteiger partial charge in [-0.1, -0.05) is 48.0 Å². The van der Waals surface area contributed by atoms with Crippen LogP contribution in [-0.4, -0.2) is 26.8 Å². The molecule has 5 rings (SSSR count). The van der Waals surface area contributed by atoms with Crippen molar-refractivity contribution >= 4 is 51.7 Å².